The first-order chi connectivity index (χ1) is 17.5. The fraction of sp³-hybridized carbons (Fsp3) is 0.250. The summed E-state index contributed by atoms with van der Waals surface area (Å²) in [5.74, 6) is -0.508. The second kappa shape index (κ2) is 13.5. The van der Waals surface area contributed by atoms with E-state index >= 15 is 0 Å². The SMILES string of the molecule is CCCCCC(=O)N[C@H](C(=O)NNc1ccc(C(N)=O)cc1)c1ccc(OCc2ccccc2)cc1. The number of carbonyl (C=O) groups is 3. The highest BCUT2D eigenvalue weighted by Gasteiger charge is 2.23. The topological polar surface area (TPSA) is 123 Å². The van der Waals surface area contributed by atoms with Crippen LogP contribution >= 0.6 is 0 Å². The van der Waals surface area contributed by atoms with E-state index in [2.05, 4.69) is 23.1 Å². The summed E-state index contributed by atoms with van der Waals surface area (Å²) in [6.07, 6.45) is 3.05. The molecule has 0 unspecified atom stereocenters. The van der Waals surface area contributed by atoms with Crippen molar-refractivity contribution in [3.63, 3.8) is 0 Å². The maximum Gasteiger partial charge on any atom is 0.265 e. The number of nitrogens with one attached hydrogen (secondary N) is 3. The van der Waals surface area contributed by atoms with Gasteiger partial charge < -0.3 is 15.8 Å². The van der Waals surface area contributed by atoms with Gasteiger partial charge in [-0.3, -0.25) is 25.2 Å². The second-order valence-corrected chi connectivity index (χ2v) is 8.36. The van der Waals surface area contributed by atoms with Crippen LogP contribution in [0.25, 0.3) is 0 Å². The quantitative estimate of drug-likeness (QED) is 0.212. The summed E-state index contributed by atoms with van der Waals surface area (Å²) in [6, 6.07) is 22.3. The summed E-state index contributed by atoms with van der Waals surface area (Å²) in [5, 5.41) is 2.84. The first kappa shape index (κ1) is 26.3. The lowest BCUT2D eigenvalue weighted by molar-refractivity contribution is -0.129. The minimum Gasteiger partial charge on any atom is -0.489 e. The number of nitrogens with two attached hydrogens (primary N) is 1. The van der Waals surface area contributed by atoms with Crippen molar-refractivity contribution in [2.75, 3.05) is 5.43 Å². The molecule has 0 spiro atoms. The van der Waals surface area contributed by atoms with E-state index in [4.69, 9.17) is 10.5 Å². The predicted octanol–water partition coefficient (Wildman–Crippen LogP) is 4.25. The Morgan fingerprint density at radius 2 is 1.58 bits per heavy atom. The summed E-state index contributed by atoms with van der Waals surface area (Å²) in [6.45, 7) is 2.49. The molecule has 8 nitrogen and oxygen atoms in total. The van der Waals surface area contributed by atoms with Crippen molar-refractivity contribution in [1.82, 2.24) is 10.7 Å². The molecule has 0 saturated carbocycles. The smallest absolute Gasteiger partial charge is 0.265 e. The zero-order valence-electron chi connectivity index (χ0n) is 20.3. The predicted molar refractivity (Wildman–Crippen MR) is 139 cm³/mol. The van der Waals surface area contributed by atoms with Gasteiger partial charge in [0.15, 0.2) is 0 Å². The van der Waals surface area contributed by atoms with Crippen LogP contribution in [0.2, 0.25) is 0 Å². The van der Waals surface area contributed by atoms with E-state index in [0.29, 0.717) is 35.6 Å². The molecule has 0 aromatic heterocycles. The Hall–Kier alpha value is -4.33. The van der Waals surface area contributed by atoms with E-state index in [1.807, 2.05) is 30.3 Å². The highest BCUT2D eigenvalue weighted by atomic mass is 16.5. The average Bonchev–Trinajstić information content (AvgIpc) is 2.90. The molecule has 3 aromatic carbocycles. The summed E-state index contributed by atoms with van der Waals surface area (Å²) in [7, 11) is 0. The lowest BCUT2D eigenvalue weighted by Crippen LogP contribution is -2.42. The molecular weight excluding hydrogens is 456 g/mol. The minimum atomic E-state index is -0.903. The summed E-state index contributed by atoms with van der Waals surface area (Å²) in [4.78, 5) is 36.8. The van der Waals surface area contributed by atoms with E-state index in [-0.39, 0.29) is 5.91 Å². The third kappa shape index (κ3) is 8.16. The maximum atomic E-state index is 13.1. The van der Waals surface area contributed by atoms with Crippen molar-refractivity contribution < 1.29 is 19.1 Å². The zero-order chi connectivity index (χ0) is 25.8. The lowest BCUT2D eigenvalue weighted by atomic mass is 10.1. The molecular formula is C28H32N4O4. The van der Waals surface area contributed by atoms with Gasteiger partial charge >= 0.3 is 0 Å². The molecule has 0 aliphatic rings. The molecule has 36 heavy (non-hydrogen) atoms. The van der Waals surface area contributed by atoms with Crippen molar-refractivity contribution in [3.8, 4) is 5.75 Å². The van der Waals surface area contributed by atoms with Crippen molar-refractivity contribution in [2.24, 2.45) is 5.73 Å². The Labute approximate surface area is 211 Å². The highest BCUT2D eigenvalue weighted by Crippen LogP contribution is 2.20. The molecule has 0 aliphatic heterocycles. The van der Waals surface area contributed by atoms with Gasteiger partial charge in [0, 0.05) is 12.0 Å². The molecule has 3 rings (SSSR count). The van der Waals surface area contributed by atoms with Gasteiger partial charge in [0.2, 0.25) is 11.8 Å². The Morgan fingerprint density at radius 3 is 2.22 bits per heavy atom. The molecule has 0 bridgehead atoms. The summed E-state index contributed by atoms with van der Waals surface area (Å²) in [5.41, 5.74) is 13.3. The van der Waals surface area contributed by atoms with Crippen LogP contribution in [0, 0.1) is 0 Å². The Kier molecular flexibility index (Phi) is 9.88. The number of ether oxygens (including phenoxy) is 1. The van der Waals surface area contributed by atoms with Gasteiger partial charge in [0.05, 0.1) is 5.69 Å². The van der Waals surface area contributed by atoms with E-state index in [1.165, 1.54) is 0 Å². The number of unbranched alkanes of at least 4 members (excludes halogenated alkanes) is 2. The third-order valence-corrected chi connectivity index (χ3v) is 5.54. The molecule has 0 radical (unpaired) electrons. The molecule has 0 saturated heterocycles. The van der Waals surface area contributed by atoms with Gasteiger partial charge in [0.25, 0.3) is 5.91 Å². The van der Waals surface area contributed by atoms with Crippen LogP contribution in [-0.2, 0) is 16.2 Å². The molecule has 188 valence electrons. The molecule has 0 fully saturated rings. The molecule has 3 amide bonds. The first-order valence-electron chi connectivity index (χ1n) is 12.0. The average molecular weight is 489 g/mol. The Bertz CT molecular complexity index is 1130. The number of primary amides is 1. The lowest BCUT2D eigenvalue weighted by Gasteiger charge is -2.20. The normalized spacial score (nSPS) is 11.2. The van der Waals surface area contributed by atoms with Crippen LogP contribution in [0.1, 0.15) is 60.1 Å². The zero-order valence-corrected chi connectivity index (χ0v) is 20.3. The summed E-state index contributed by atoms with van der Waals surface area (Å²) >= 11 is 0. The van der Waals surface area contributed by atoms with Crippen LogP contribution in [0.15, 0.2) is 78.9 Å². The van der Waals surface area contributed by atoms with E-state index in [9.17, 15) is 14.4 Å². The number of rotatable bonds is 13. The minimum absolute atomic E-state index is 0.196. The maximum absolute atomic E-state index is 13.1. The van der Waals surface area contributed by atoms with Crippen LogP contribution in [0.5, 0.6) is 5.75 Å². The third-order valence-electron chi connectivity index (χ3n) is 5.54. The van der Waals surface area contributed by atoms with E-state index in [0.717, 1.165) is 24.8 Å². The number of benzene rings is 3. The Balaban J connectivity index is 1.67. The van der Waals surface area contributed by atoms with E-state index < -0.39 is 17.9 Å². The van der Waals surface area contributed by atoms with Gasteiger partial charge in [-0.2, -0.15) is 0 Å². The molecule has 1 atom stereocenters. The van der Waals surface area contributed by atoms with Crippen molar-refractivity contribution in [2.45, 2.75) is 45.3 Å². The first-order valence-corrected chi connectivity index (χ1v) is 12.0. The largest absolute Gasteiger partial charge is 0.489 e. The number of hydrogen-bond acceptors (Lipinski definition) is 5. The number of hydrazine groups is 1. The van der Waals surface area contributed by atoms with Gasteiger partial charge in [-0.05, 0) is 53.9 Å². The molecule has 0 heterocycles. The van der Waals surface area contributed by atoms with Crippen molar-refractivity contribution in [3.05, 3.63) is 95.6 Å². The van der Waals surface area contributed by atoms with Crippen LogP contribution < -0.4 is 26.6 Å². The standard InChI is InChI=1S/C28H32N4O4/c1-2-3-5-10-25(33)30-26(28(35)32-31-23-15-11-22(12-16-23)27(29)34)21-13-17-24(18-14-21)36-19-20-8-6-4-7-9-20/h4,6-9,11-18,26,31H,2-3,5,10,19H2,1H3,(H2,29,34)(H,30,33)(H,32,35)/t26-/m0/s1. The number of hydrogen-bond donors (Lipinski definition) is 4. The van der Waals surface area contributed by atoms with Crippen LogP contribution in [-0.4, -0.2) is 17.7 Å². The highest BCUT2D eigenvalue weighted by molar-refractivity contribution is 5.93. The van der Waals surface area contributed by atoms with Crippen molar-refractivity contribution >= 4 is 23.4 Å². The van der Waals surface area contributed by atoms with Gasteiger partial charge in [-0.25, -0.2) is 0 Å². The number of carbonyl (C=O) groups excluding carboxylic acids is 3. The Morgan fingerprint density at radius 1 is 0.889 bits per heavy atom. The van der Waals surface area contributed by atoms with Crippen LogP contribution in [0.4, 0.5) is 5.69 Å². The van der Waals surface area contributed by atoms with Gasteiger partial charge in [0.1, 0.15) is 18.4 Å². The molecule has 0 aliphatic carbocycles. The molecule has 8 heteroatoms. The second-order valence-electron chi connectivity index (χ2n) is 8.36. The van der Waals surface area contributed by atoms with Gasteiger partial charge in [-0.1, -0.05) is 62.2 Å². The molecule has 5 N–H and O–H groups in total. The fourth-order valence-electron chi connectivity index (χ4n) is 3.49. The van der Waals surface area contributed by atoms with Crippen LogP contribution in [0.3, 0.4) is 0 Å². The van der Waals surface area contributed by atoms with Crippen molar-refractivity contribution in [1.29, 1.82) is 0 Å². The number of amides is 3. The summed E-state index contributed by atoms with van der Waals surface area (Å²) < 4.78 is 5.83. The van der Waals surface area contributed by atoms with E-state index in [1.54, 1.807) is 48.5 Å². The van der Waals surface area contributed by atoms with Gasteiger partial charge in [-0.15, -0.1) is 0 Å². The number of anilines is 1. The molecule has 3 aromatic rings. The monoisotopic (exact) mass is 488 g/mol. The fourth-order valence-corrected chi connectivity index (χ4v) is 3.49.